The number of carbonyl (C=O) groups excluding carboxylic acids is 1. The number of rotatable bonds is 9. The number of hydrogen-bond acceptors (Lipinski definition) is 7. The molecular formula is C20H32Cl2N2O5. The van der Waals surface area contributed by atoms with Gasteiger partial charge in [-0.15, -0.1) is 24.8 Å². The van der Waals surface area contributed by atoms with Crippen molar-refractivity contribution in [2.45, 2.75) is 26.2 Å². The van der Waals surface area contributed by atoms with E-state index in [4.69, 9.17) is 14.6 Å². The Labute approximate surface area is 185 Å². The predicted molar refractivity (Wildman–Crippen MR) is 118 cm³/mol. The monoisotopic (exact) mass is 450 g/mol. The number of ether oxygens (including phenoxy) is 2. The minimum atomic E-state index is -0.659. The Morgan fingerprint density at radius 2 is 1.93 bits per heavy atom. The Kier molecular flexibility index (Phi) is 13.9. The lowest BCUT2D eigenvalue weighted by Gasteiger charge is -2.39. The highest BCUT2D eigenvalue weighted by Crippen LogP contribution is 2.20. The molecule has 166 valence electrons. The molecule has 1 saturated heterocycles. The number of piperazine rings is 1. The van der Waals surface area contributed by atoms with Crippen LogP contribution in [0.25, 0.3) is 6.08 Å². The Balaban J connectivity index is 0.00000392. The van der Waals surface area contributed by atoms with Crippen LogP contribution in [0.5, 0.6) is 5.75 Å². The number of β-amino-alcohol motifs (C(OH)–C–C–N with tert-alkyl or cyclic N) is 1. The fourth-order valence-corrected chi connectivity index (χ4v) is 3.05. The summed E-state index contributed by atoms with van der Waals surface area (Å²) in [4.78, 5) is 15.7. The molecule has 0 amide bonds. The number of carbonyl (C=O) groups is 1. The van der Waals surface area contributed by atoms with Crippen molar-refractivity contribution in [2.24, 2.45) is 0 Å². The summed E-state index contributed by atoms with van der Waals surface area (Å²) in [5.74, 6) is 0.246. The maximum absolute atomic E-state index is 11.4. The number of nitrogens with zero attached hydrogens (tertiary/aromatic N) is 2. The predicted octanol–water partition coefficient (Wildman–Crippen LogP) is 1.80. The molecule has 0 bridgehead atoms. The normalized spacial score (nSPS) is 17.1. The summed E-state index contributed by atoms with van der Waals surface area (Å²) in [5.41, 5.74) is 0.817. The third-order valence-electron chi connectivity index (χ3n) is 4.41. The van der Waals surface area contributed by atoms with Crippen LogP contribution in [-0.4, -0.2) is 84.3 Å². The smallest absolute Gasteiger partial charge is 0.330 e. The molecule has 0 radical (unpaired) electrons. The van der Waals surface area contributed by atoms with Gasteiger partial charge in [-0.1, -0.05) is 12.1 Å². The molecule has 2 unspecified atom stereocenters. The van der Waals surface area contributed by atoms with Crippen LogP contribution in [0.15, 0.2) is 30.3 Å². The Hall–Kier alpha value is -1.35. The van der Waals surface area contributed by atoms with Crippen LogP contribution in [0.1, 0.15) is 19.4 Å². The third kappa shape index (κ3) is 9.33. The zero-order valence-corrected chi connectivity index (χ0v) is 18.5. The van der Waals surface area contributed by atoms with E-state index in [2.05, 4.69) is 9.80 Å². The molecule has 1 aromatic carbocycles. The second-order valence-corrected chi connectivity index (χ2v) is 6.51. The van der Waals surface area contributed by atoms with Crippen molar-refractivity contribution in [3.8, 4) is 5.75 Å². The molecule has 1 aromatic rings. The second kappa shape index (κ2) is 14.6. The van der Waals surface area contributed by atoms with E-state index >= 15 is 0 Å². The van der Waals surface area contributed by atoms with Crippen LogP contribution in [0.2, 0.25) is 0 Å². The highest BCUT2D eigenvalue weighted by molar-refractivity contribution is 5.87. The van der Waals surface area contributed by atoms with Gasteiger partial charge < -0.3 is 19.7 Å². The minimum Gasteiger partial charge on any atom is -0.472 e. The van der Waals surface area contributed by atoms with Gasteiger partial charge in [0.15, 0.2) is 6.23 Å². The van der Waals surface area contributed by atoms with Crippen molar-refractivity contribution in [3.05, 3.63) is 35.9 Å². The van der Waals surface area contributed by atoms with E-state index in [0.29, 0.717) is 18.9 Å². The van der Waals surface area contributed by atoms with Gasteiger partial charge in [0.1, 0.15) is 11.9 Å². The van der Waals surface area contributed by atoms with Crippen LogP contribution in [0.3, 0.4) is 0 Å². The second-order valence-electron chi connectivity index (χ2n) is 6.51. The summed E-state index contributed by atoms with van der Waals surface area (Å²) in [6, 6.07) is 7.37. The summed E-state index contributed by atoms with van der Waals surface area (Å²) < 4.78 is 10.9. The van der Waals surface area contributed by atoms with Crippen LogP contribution in [0, 0.1) is 0 Å². The van der Waals surface area contributed by atoms with E-state index in [-0.39, 0.29) is 37.4 Å². The summed E-state index contributed by atoms with van der Waals surface area (Å²) in [7, 11) is 0. The van der Waals surface area contributed by atoms with Gasteiger partial charge in [-0.05, 0) is 37.6 Å². The molecule has 0 aliphatic carbocycles. The van der Waals surface area contributed by atoms with Crippen molar-refractivity contribution in [3.63, 3.8) is 0 Å². The van der Waals surface area contributed by atoms with E-state index in [1.54, 1.807) is 19.9 Å². The zero-order valence-electron chi connectivity index (χ0n) is 16.9. The Bertz CT molecular complexity index is 623. The summed E-state index contributed by atoms with van der Waals surface area (Å²) >= 11 is 0. The van der Waals surface area contributed by atoms with Crippen LogP contribution >= 0.6 is 24.8 Å². The topological polar surface area (TPSA) is 82.5 Å². The van der Waals surface area contributed by atoms with E-state index in [9.17, 15) is 9.90 Å². The quantitative estimate of drug-likeness (QED) is 0.438. The largest absolute Gasteiger partial charge is 0.472 e. The van der Waals surface area contributed by atoms with Crippen LogP contribution in [-0.2, 0) is 9.53 Å². The number of aliphatic hydroxyl groups is 2. The molecule has 0 aromatic heterocycles. The highest BCUT2D eigenvalue weighted by Gasteiger charge is 2.28. The minimum absolute atomic E-state index is 0. The standard InChI is InChI=1S/C20H30N2O5.2ClH/c1-3-26-19(25)8-7-17-5-4-6-18(15-17)27-20(16(2)24)22-11-9-21(10-12-22)13-14-23;;/h4-8,15-16,20,23-24H,3,9-14H2,1-2H3;2*1H. The van der Waals surface area contributed by atoms with Crippen molar-refractivity contribution < 1.29 is 24.5 Å². The van der Waals surface area contributed by atoms with E-state index in [1.807, 2.05) is 24.3 Å². The molecule has 0 saturated carbocycles. The first-order valence-corrected chi connectivity index (χ1v) is 9.40. The van der Waals surface area contributed by atoms with E-state index in [0.717, 1.165) is 31.7 Å². The fourth-order valence-electron chi connectivity index (χ4n) is 3.05. The molecule has 2 atom stereocenters. The van der Waals surface area contributed by atoms with Crippen molar-refractivity contribution in [2.75, 3.05) is 45.9 Å². The molecule has 1 aliphatic heterocycles. The first kappa shape index (κ1) is 27.6. The molecule has 7 nitrogen and oxygen atoms in total. The van der Waals surface area contributed by atoms with Crippen LogP contribution in [0.4, 0.5) is 0 Å². The van der Waals surface area contributed by atoms with Gasteiger partial charge in [0.05, 0.1) is 13.2 Å². The molecular weight excluding hydrogens is 419 g/mol. The lowest BCUT2D eigenvalue weighted by atomic mass is 10.2. The zero-order chi connectivity index (χ0) is 19.6. The number of hydrogen-bond donors (Lipinski definition) is 2. The molecule has 9 heteroatoms. The SMILES string of the molecule is CCOC(=O)C=Cc1cccc(OC(C(C)O)N2CCN(CCO)CC2)c1.Cl.Cl. The van der Waals surface area contributed by atoms with E-state index < -0.39 is 12.3 Å². The molecule has 1 heterocycles. The van der Waals surface area contributed by atoms with Gasteiger partial charge in [-0.3, -0.25) is 9.80 Å². The van der Waals surface area contributed by atoms with Crippen LogP contribution < -0.4 is 4.74 Å². The Morgan fingerprint density at radius 3 is 2.52 bits per heavy atom. The Morgan fingerprint density at radius 1 is 1.24 bits per heavy atom. The first-order valence-electron chi connectivity index (χ1n) is 9.40. The van der Waals surface area contributed by atoms with Gasteiger partial charge in [0.2, 0.25) is 0 Å². The third-order valence-corrected chi connectivity index (χ3v) is 4.41. The van der Waals surface area contributed by atoms with Crippen molar-refractivity contribution >= 4 is 36.9 Å². The van der Waals surface area contributed by atoms with Gasteiger partial charge in [0, 0.05) is 38.8 Å². The molecule has 29 heavy (non-hydrogen) atoms. The molecule has 0 spiro atoms. The van der Waals surface area contributed by atoms with Crippen molar-refractivity contribution in [1.82, 2.24) is 9.80 Å². The lowest BCUT2D eigenvalue weighted by molar-refractivity contribution is -0.137. The molecule has 1 aliphatic rings. The number of aliphatic hydroxyl groups excluding tert-OH is 2. The van der Waals surface area contributed by atoms with Gasteiger partial charge in [0.25, 0.3) is 0 Å². The van der Waals surface area contributed by atoms with Gasteiger partial charge in [-0.2, -0.15) is 0 Å². The number of esters is 1. The fraction of sp³-hybridized carbons (Fsp3) is 0.550. The average molecular weight is 451 g/mol. The van der Waals surface area contributed by atoms with Gasteiger partial charge in [-0.25, -0.2) is 4.79 Å². The maximum Gasteiger partial charge on any atom is 0.330 e. The molecule has 2 N–H and O–H groups in total. The van der Waals surface area contributed by atoms with E-state index in [1.165, 1.54) is 6.08 Å². The maximum atomic E-state index is 11.4. The van der Waals surface area contributed by atoms with Gasteiger partial charge >= 0.3 is 5.97 Å². The molecule has 1 fully saturated rings. The highest BCUT2D eigenvalue weighted by atomic mass is 35.5. The number of halogens is 2. The molecule has 2 rings (SSSR count). The number of benzene rings is 1. The summed E-state index contributed by atoms with van der Waals surface area (Å²) in [5, 5.41) is 19.3. The summed E-state index contributed by atoms with van der Waals surface area (Å²) in [6.45, 7) is 7.83. The average Bonchev–Trinajstić information content (AvgIpc) is 2.66. The lowest BCUT2D eigenvalue weighted by Crippen LogP contribution is -2.55. The van der Waals surface area contributed by atoms with Crippen molar-refractivity contribution in [1.29, 1.82) is 0 Å². The first-order chi connectivity index (χ1) is 13.0. The summed E-state index contributed by atoms with van der Waals surface area (Å²) in [6.07, 6.45) is 1.95.